The highest BCUT2D eigenvalue weighted by atomic mass is 79.9. The third kappa shape index (κ3) is 2.00. The molecule has 4 N–H and O–H groups in total. The molecule has 0 bridgehead atoms. The van der Waals surface area contributed by atoms with Crippen molar-refractivity contribution in [2.75, 3.05) is 4.90 Å². The number of phenolic OH excluding ortho intramolecular Hbond substituents is 4. The third-order valence-corrected chi connectivity index (χ3v) is 2.90. The van der Waals surface area contributed by atoms with Crippen molar-refractivity contribution in [3.8, 4) is 23.0 Å². The lowest BCUT2D eigenvalue weighted by atomic mass is 10.2. The predicted molar refractivity (Wildman–Crippen MR) is 68.7 cm³/mol. The molecule has 0 atom stereocenters. The van der Waals surface area contributed by atoms with Gasteiger partial charge in [0.2, 0.25) is 0 Å². The van der Waals surface area contributed by atoms with Crippen LogP contribution in [0.5, 0.6) is 23.0 Å². The summed E-state index contributed by atoms with van der Waals surface area (Å²) in [5.74, 6) is -3.72. The first-order valence-electron chi connectivity index (χ1n) is 4.60. The standard InChI is InChI=1S/C11H10BrNO5/c1-3-5(14)13(4-2)7-10(17)8(15)6(12)9(16)11(7)18/h3-4,15-18H,1-2H2. The van der Waals surface area contributed by atoms with Gasteiger partial charge < -0.3 is 20.4 Å². The van der Waals surface area contributed by atoms with Gasteiger partial charge in [-0.3, -0.25) is 9.69 Å². The van der Waals surface area contributed by atoms with Crippen molar-refractivity contribution in [1.29, 1.82) is 0 Å². The van der Waals surface area contributed by atoms with E-state index in [1.54, 1.807) is 0 Å². The molecule has 0 saturated carbocycles. The summed E-state index contributed by atoms with van der Waals surface area (Å²) < 4.78 is -0.295. The van der Waals surface area contributed by atoms with Crippen molar-refractivity contribution in [3.05, 3.63) is 29.9 Å². The molecule has 0 aromatic heterocycles. The third-order valence-electron chi connectivity index (χ3n) is 2.15. The van der Waals surface area contributed by atoms with E-state index < -0.39 is 34.6 Å². The lowest BCUT2D eigenvalue weighted by Gasteiger charge is -2.20. The van der Waals surface area contributed by atoms with Gasteiger partial charge in [-0.25, -0.2) is 0 Å². The molecule has 0 saturated heterocycles. The number of hydrogen-bond acceptors (Lipinski definition) is 5. The van der Waals surface area contributed by atoms with Gasteiger partial charge >= 0.3 is 0 Å². The van der Waals surface area contributed by atoms with Crippen LogP contribution < -0.4 is 4.90 Å². The Morgan fingerprint density at radius 3 is 1.83 bits per heavy atom. The summed E-state index contributed by atoms with van der Waals surface area (Å²) in [4.78, 5) is 12.2. The molecule has 18 heavy (non-hydrogen) atoms. The van der Waals surface area contributed by atoms with Crippen LogP contribution in [0.3, 0.4) is 0 Å². The number of benzene rings is 1. The van der Waals surface area contributed by atoms with Crippen LogP contribution in [0.2, 0.25) is 0 Å². The fraction of sp³-hybridized carbons (Fsp3) is 0. The van der Waals surface area contributed by atoms with Crippen molar-refractivity contribution in [1.82, 2.24) is 0 Å². The van der Waals surface area contributed by atoms with Crippen LogP contribution >= 0.6 is 15.9 Å². The molecular formula is C11H10BrNO5. The molecule has 6 nitrogen and oxygen atoms in total. The van der Waals surface area contributed by atoms with Crippen LogP contribution in [-0.4, -0.2) is 26.3 Å². The number of aromatic hydroxyl groups is 4. The Hall–Kier alpha value is -2.15. The number of rotatable bonds is 3. The van der Waals surface area contributed by atoms with Crippen LogP contribution in [0.4, 0.5) is 5.69 Å². The molecule has 1 aromatic rings. The number of carbonyl (C=O) groups excluding carboxylic acids is 1. The fourth-order valence-corrected chi connectivity index (χ4v) is 1.65. The molecule has 0 unspecified atom stereocenters. The summed E-state index contributed by atoms with van der Waals surface area (Å²) in [5.41, 5.74) is -0.492. The Morgan fingerprint density at radius 1 is 1.06 bits per heavy atom. The van der Waals surface area contributed by atoms with E-state index >= 15 is 0 Å². The van der Waals surface area contributed by atoms with Crippen LogP contribution in [0.25, 0.3) is 0 Å². The summed E-state index contributed by atoms with van der Waals surface area (Å²) in [7, 11) is 0. The van der Waals surface area contributed by atoms with Crippen LogP contribution in [-0.2, 0) is 4.79 Å². The summed E-state index contributed by atoms with van der Waals surface area (Å²) in [6.07, 6.45) is 1.91. The largest absolute Gasteiger partial charge is 0.503 e. The van der Waals surface area contributed by atoms with Crippen LogP contribution in [0, 0.1) is 0 Å². The Labute approximate surface area is 111 Å². The minimum absolute atomic E-state index is 0.295. The van der Waals surface area contributed by atoms with Crippen LogP contribution in [0.1, 0.15) is 0 Å². The summed E-state index contributed by atoms with van der Waals surface area (Å²) in [6.45, 7) is 6.57. The van der Waals surface area contributed by atoms with Crippen molar-refractivity contribution in [2.24, 2.45) is 0 Å². The number of hydrogen-bond donors (Lipinski definition) is 4. The molecule has 0 heterocycles. The zero-order valence-electron chi connectivity index (χ0n) is 9.09. The van der Waals surface area contributed by atoms with E-state index in [2.05, 4.69) is 29.1 Å². The molecule has 0 aliphatic rings. The van der Waals surface area contributed by atoms with Gasteiger partial charge in [-0.1, -0.05) is 13.2 Å². The first-order valence-corrected chi connectivity index (χ1v) is 5.39. The number of nitrogens with zero attached hydrogens (tertiary/aromatic N) is 1. The van der Waals surface area contributed by atoms with Gasteiger partial charge in [-0.2, -0.15) is 0 Å². The zero-order chi connectivity index (χ0) is 14.0. The maximum atomic E-state index is 11.5. The monoisotopic (exact) mass is 315 g/mol. The quantitative estimate of drug-likeness (QED) is 0.388. The second kappa shape index (κ2) is 5.01. The normalized spacial score (nSPS) is 9.83. The Morgan fingerprint density at radius 2 is 1.50 bits per heavy atom. The molecule has 0 aliphatic heterocycles. The smallest absolute Gasteiger partial charge is 0.254 e. The highest BCUT2D eigenvalue weighted by Crippen LogP contribution is 2.53. The first-order chi connectivity index (χ1) is 8.36. The molecule has 0 radical (unpaired) electrons. The fourth-order valence-electron chi connectivity index (χ4n) is 1.27. The van der Waals surface area contributed by atoms with Gasteiger partial charge in [0, 0.05) is 6.20 Å². The number of phenols is 4. The van der Waals surface area contributed by atoms with Gasteiger partial charge in [0.1, 0.15) is 10.2 Å². The van der Waals surface area contributed by atoms with Gasteiger partial charge in [0.05, 0.1) is 0 Å². The van der Waals surface area contributed by atoms with Gasteiger partial charge in [-0.05, 0) is 22.0 Å². The maximum absolute atomic E-state index is 11.5. The van der Waals surface area contributed by atoms with Gasteiger partial charge in [0.15, 0.2) is 23.0 Å². The number of amides is 1. The second-order valence-corrected chi connectivity index (χ2v) is 3.94. The first kappa shape index (κ1) is 13.9. The Kier molecular flexibility index (Phi) is 3.87. The number of carbonyl (C=O) groups is 1. The highest BCUT2D eigenvalue weighted by molar-refractivity contribution is 9.10. The lowest BCUT2D eigenvalue weighted by Crippen LogP contribution is -2.22. The van der Waals surface area contributed by atoms with E-state index in [9.17, 15) is 25.2 Å². The van der Waals surface area contributed by atoms with Crippen molar-refractivity contribution >= 4 is 27.5 Å². The van der Waals surface area contributed by atoms with Crippen molar-refractivity contribution in [2.45, 2.75) is 0 Å². The minimum Gasteiger partial charge on any atom is -0.503 e. The molecule has 0 fully saturated rings. The number of anilines is 1. The topological polar surface area (TPSA) is 101 Å². The summed E-state index contributed by atoms with van der Waals surface area (Å²) in [5, 5.41) is 38.5. The van der Waals surface area contributed by atoms with E-state index in [0.717, 1.165) is 17.2 Å². The molecule has 0 spiro atoms. The molecule has 1 rings (SSSR count). The lowest BCUT2D eigenvalue weighted by molar-refractivity contribution is -0.113. The summed E-state index contributed by atoms with van der Waals surface area (Å²) >= 11 is 2.77. The Bertz CT molecular complexity index is 512. The molecule has 1 aromatic carbocycles. The van der Waals surface area contributed by atoms with Crippen LogP contribution in [0.15, 0.2) is 29.9 Å². The summed E-state index contributed by atoms with van der Waals surface area (Å²) in [6, 6.07) is 0. The van der Waals surface area contributed by atoms with Crippen molar-refractivity contribution < 1.29 is 25.2 Å². The number of halogens is 1. The minimum atomic E-state index is -0.785. The van der Waals surface area contributed by atoms with E-state index in [1.165, 1.54) is 0 Å². The molecule has 96 valence electrons. The average molecular weight is 316 g/mol. The predicted octanol–water partition coefficient (Wildman–Crippen LogP) is 1.93. The second-order valence-electron chi connectivity index (χ2n) is 3.15. The van der Waals surface area contributed by atoms with E-state index in [-0.39, 0.29) is 4.47 Å². The van der Waals surface area contributed by atoms with Gasteiger partial charge in [-0.15, -0.1) is 0 Å². The molecular weight excluding hydrogens is 306 g/mol. The molecule has 0 aliphatic carbocycles. The van der Waals surface area contributed by atoms with Crippen molar-refractivity contribution in [3.63, 3.8) is 0 Å². The average Bonchev–Trinajstić information content (AvgIpc) is 2.38. The van der Waals surface area contributed by atoms with E-state index in [4.69, 9.17) is 0 Å². The molecule has 7 heteroatoms. The van der Waals surface area contributed by atoms with Gasteiger partial charge in [0.25, 0.3) is 5.91 Å². The SMILES string of the molecule is C=CC(=O)N(C=C)c1c(O)c(O)c(Br)c(O)c1O. The maximum Gasteiger partial charge on any atom is 0.254 e. The molecule has 1 amide bonds. The zero-order valence-corrected chi connectivity index (χ0v) is 10.7. The van der Waals surface area contributed by atoms with E-state index in [1.807, 2.05) is 0 Å². The Balaban J connectivity index is 3.63. The van der Waals surface area contributed by atoms with E-state index in [0.29, 0.717) is 0 Å². The highest BCUT2D eigenvalue weighted by Gasteiger charge is 2.27.